The summed E-state index contributed by atoms with van der Waals surface area (Å²) in [7, 11) is 0. The normalized spacial score (nSPS) is 12.6. The van der Waals surface area contributed by atoms with Crippen molar-refractivity contribution in [2.45, 2.75) is 46.7 Å². The van der Waals surface area contributed by atoms with Gasteiger partial charge in [0.05, 0.1) is 6.04 Å². The van der Waals surface area contributed by atoms with Crippen molar-refractivity contribution in [1.82, 2.24) is 10.3 Å². The van der Waals surface area contributed by atoms with Crippen LogP contribution < -0.4 is 5.32 Å². The van der Waals surface area contributed by atoms with Gasteiger partial charge in [-0.15, -0.1) is 11.3 Å². The van der Waals surface area contributed by atoms with E-state index in [1.54, 1.807) is 0 Å². The minimum absolute atomic E-state index is 0.310. The maximum absolute atomic E-state index is 4.50. The molecule has 3 heteroatoms. The lowest BCUT2D eigenvalue weighted by Crippen LogP contribution is -2.19. The summed E-state index contributed by atoms with van der Waals surface area (Å²) < 4.78 is 0. The molecule has 0 aliphatic heterocycles. The highest BCUT2D eigenvalue weighted by Crippen LogP contribution is 2.21. The van der Waals surface area contributed by atoms with Gasteiger partial charge in [-0.2, -0.15) is 0 Å². The van der Waals surface area contributed by atoms with Gasteiger partial charge in [-0.05, 0) is 43.9 Å². The molecule has 0 aliphatic carbocycles. The Kier molecular flexibility index (Phi) is 4.72. The van der Waals surface area contributed by atoms with E-state index in [0.29, 0.717) is 6.04 Å². The Morgan fingerprint density at radius 2 is 1.95 bits per heavy atom. The first-order valence-electron chi connectivity index (χ1n) is 6.85. The number of hydrogen-bond donors (Lipinski definition) is 1. The second kappa shape index (κ2) is 6.31. The largest absolute Gasteiger partial charge is 0.304 e. The summed E-state index contributed by atoms with van der Waals surface area (Å²) >= 11 is 1.81. The molecular formula is C16H22N2S. The first-order chi connectivity index (χ1) is 9.11. The van der Waals surface area contributed by atoms with Crippen molar-refractivity contribution < 1.29 is 0 Å². The first kappa shape index (κ1) is 14.2. The first-order valence-corrected chi connectivity index (χ1v) is 7.66. The Bertz CT molecular complexity index is 525. The molecular weight excluding hydrogens is 252 g/mol. The van der Waals surface area contributed by atoms with Gasteiger partial charge in [-0.3, -0.25) is 0 Å². The third-order valence-electron chi connectivity index (χ3n) is 3.52. The molecule has 1 aromatic carbocycles. The summed E-state index contributed by atoms with van der Waals surface area (Å²) in [5.74, 6) is 0. The Balaban J connectivity index is 2.02. The molecule has 2 aromatic rings. The van der Waals surface area contributed by atoms with E-state index in [9.17, 15) is 0 Å². The van der Waals surface area contributed by atoms with Crippen LogP contribution in [0.3, 0.4) is 0 Å². The molecule has 0 aliphatic rings. The number of benzene rings is 1. The number of hydrogen-bond acceptors (Lipinski definition) is 3. The average molecular weight is 274 g/mol. The molecule has 19 heavy (non-hydrogen) atoms. The molecule has 0 spiro atoms. The fourth-order valence-electron chi connectivity index (χ4n) is 2.16. The maximum atomic E-state index is 4.50. The van der Waals surface area contributed by atoms with Crippen LogP contribution in [0.1, 0.15) is 46.5 Å². The Labute approximate surface area is 119 Å². The Hall–Kier alpha value is -1.19. The quantitative estimate of drug-likeness (QED) is 0.885. The molecule has 1 aromatic heterocycles. The topological polar surface area (TPSA) is 24.9 Å². The Morgan fingerprint density at radius 1 is 1.26 bits per heavy atom. The SMILES string of the molecule is CCc1cnc(C(C)NCc2c(C)cccc2C)s1. The van der Waals surface area contributed by atoms with E-state index in [1.165, 1.54) is 26.6 Å². The van der Waals surface area contributed by atoms with Crippen molar-refractivity contribution in [3.8, 4) is 0 Å². The predicted molar refractivity (Wildman–Crippen MR) is 82.7 cm³/mol. The van der Waals surface area contributed by atoms with E-state index >= 15 is 0 Å². The molecule has 0 saturated carbocycles. The van der Waals surface area contributed by atoms with Crippen LogP contribution in [0.4, 0.5) is 0 Å². The smallest absolute Gasteiger partial charge is 0.109 e. The maximum Gasteiger partial charge on any atom is 0.109 e. The summed E-state index contributed by atoms with van der Waals surface area (Å²) in [6.07, 6.45) is 3.07. The number of aryl methyl sites for hydroxylation is 3. The van der Waals surface area contributed by atoms with E-state index in [0.717, 1.165) is 13.0 Å². The lowest BCUT2D eigenvalue weighted by molar-refractivity contribution is 0.569. The number of thiazole rings is 1. The van der Waals surface area contributed by atoms with Crippen molar-refractivity contribution in [1.29, 1.82) is 0 Å². The molecule has 1 unspecified atom stereocenters. The van der Waals surface area contributed by atoms with Gasteiger partial charge in [-0.25, -0.2) is 4.98 Å². The molecule has 0 fully saturated rings. The van der Waals surface area contributed by atoms with Gasteiger partial charge in [0.1, 0.15) is 5.01 Å². The van der Waals surface area contributed by atoms with Crippen molar-refractivity contribution in [3.63, 3.8) is 0 Å². The fourth-order valence-corrected chi connectivity index (χ4v) is 3.04. The molecule has 2 rings (SSSR count). The van der Waals surface area contributed by atoms with Crippen molar-refractivity contribution in [2.75, 3.05) is 0 Å². The van der Waals surface area contributed by atoms with Gasteiger partial charge in [0, 0.05) is 17.6 Å². The number of rotatable bonds is 5. The number of nitrogens with one attached hydrogen (secondary N) is 1. The highest BCUT2D eigenvalue weighted by atomic mass is 32.1. The van der Waals surface area contributed by atoms with Crippen LogP contribution >= 0.6 is 11.3 Å². The van der Waals surface area contributed by atoms with Gasteiger partial charge in [0.15, 0.2) is 0 Å². The van der Waals surface area contributed by atoms with Crippen LogP contribution in [-0.2, 0) is 13.0 Å². The van der Waals surface area contributed by atoms with Crippen LogP contribution in [0, 0.1) is 13.8 Å². The molecule has 2 nitrogen and oxygen atoms in total. The van der Waals surface area contributed by atoms with E-state index in [2.05, 4.69) is 56.2 Å². The van der Waals surface area contributed by atoms with Crippen LogP contribution in [0.2, 0.25) is 0 Å². The lowest BCUT2D eigenvalue weighted by Gasteiger charge is -2.14. The van der Waals surface area contributed by atoms with Gasteiger partial charge < -0.3 is 5.32 Å². The average Bonchev–Trinajstić information content (AvgIpc) is 2.86. The van der Waals surface area contributed by atoms with E-state index in [1.807, 2.05) is 17.5 Å². The summed E-state index contributed by atoms with van der Waals surface area (Å²) in [6, 6.07) is 6.77. The molecule has 1 heterocycles. The monoisotopic (exact) mass is 274 g/mol. The summed E-state index contributed by atoms with van der Waals surface area (Å²) in [6.45, 7) is 9.61. The molecule has 1 N–H and O–H groups in total. The second-order valence-electron chi connectivity index (χ2n) is 4.99. The van der Waals surface area contributed by atoms with Crippen LogP contribution in [-0.4, -0.2) is 4.98 Å². The van der Waals surface area contributed by atoms with Gasteiger partial charge in [0.2, 0.25) is 0 Å². The fraction of sp³-hybridized carbons (Fsp3) is 0.438. The van der Waals surface area contributed by atoms with Crippen molar-refractivity contribution >= 4 is 11.3 Å². The third-order valence-corrected chi connectivity index (χ3v) is 4.84. The highest BCUT2D eigenvalue weighted by Gasteiger charge is 2.10. The lowest BCUT2D eigenvalue weighted by atomic mass is 10.0. The molecule has 0 radical (unpaired) electrons. The minimum Gasteiger partial charge on any atom is -0.304 e. The van der Waals surface area contributed by atoms with Gasteiger partial charge >= 0.3 is 0 Å². The molecule has 0 saturated heterocycles. The summed E-state index contributed by atoms with van der Waals surface area (Å²) in [4.78, 5) is 5.86. The van der Waals surface area contributed by atoms with Crippen LogP contribution in [0.5, 0.6) is 0 Å². The van der Waals surface area contributed by atoms with E-state index in [-0.39, 0.29) is 0 Å². The summed E-state index contributed by atoms with van der Waals surface area (Å²) in [5, 5.41) is 4.77. The van der Waals surface area contributed by atoms with Crippen LogP contribution in [0.25, 0.3) is 0 Å². The van der Waals surface area contributed by atoms with Gasteiger partial charge in [0.25, 0.3) is 0 Å². The number of nitrogens with zero attached hydrogens (tertiary/aromatic N) is 1. The second-order valence-corrected chi connectivity index (χ2v) is 6.14. The highest BCUT2D eigenvalue weighted by molar-refractivity contribution is 7.11. The zero-order chi connectivity index (χ0) is 13.8. The van der Waals surface area contributed by atoms with Gasteiger partial charge in [-0.1, -0.05) is 25.1 Å². The number of aromatic nitrogens is 1. The summed E-state index contributed by atoms with van der Waals surface area (Å²) in [5.41, 5.74) is 4.11. The minimum atomic E-state index is 0.310. The standard InChI is InChI=1S/C16H22N2S/c1-5-14-9-18-16(19-14)13(4)17-10-15-11(2)7-6-8-12(15)3/h6-9,13,17H,5,10H2,1-4H3. The van der Waals surface area contributed by atoms with Crippen LogP contribution in [0.15, 0.2) is 24.4 Å². The van der Waals surface area contributed by atoms with Crippen molar-refractivity contribution in [3.05, 3.63) is 51.0 Å². The van der Waals surface area contributed by atoms with E-state index < -0.39 is 0 Å². The van der Waals surface area contributed by atoms with Crippen molar-refractivity contribution in [2.24, 2.45) is 0 Å². The third kappa shape index (κ3) is 3.43. The predicted octanol–water partition coefficient (Wildman–Crippen LogP) is 4.17. The molecule has 102 valence electrons. The van der Waals surface area contributed by atoms with E-state index in [4.69, 9.17) is 0 Å². The zero-order valence-corrected chi connectivity index (χ0v) is 13.0. The zero-order valence-electron chi connectivity index (χ0n) is 12.2. The molecule has 0 bridgehead atoms. The Morgan fingerprint density at radius 3 is 2.53 bits per heavy atom. The molecule has 0 amide bonds. The molecule has 1 atom stereocenters.